The van der Waals surface area contributed by atoms with Gasteiger partial charge in [-0.3, -0.25) is 4.79 Å². The number of carbonyl (C=O) groups is 1. The average molecular weight is 289 g/mol. The molecule has 2 atom stereocenters. The van der Waals surface area contributed by atoms with Crippen molar-refractivity contribution in [3.63, 3.8) is 0 Å². The van der Waals surface area contributed by atoms with Crippen molar-refractivity contribution in [3.8, 4) is 0 Å². The third-order valence-corrected chi connectivity index (χ3v) is 8.59. The molecule has 0 amide bonds. The lowest BCUT2D eigenvalue weighted by molar-refractivity contribution is -0.124. The van der Waals surface area contributed by atoms with Crippen molar-refractivity contribution < 1.29 is 14.3 Å². The average Bonchev–Trinajstić information content (AvgIpc) is 2.13. The van der Waals surface area contributed by atoms with Crippen LogP contribution in [-0.4, -0.2) is 31.4 Å². The minimum Gasteiger partial charge on any atom is -0.414 e. The maximum absolute atomic E-state index is 11.6. The van der Waals surface area contributed by atoms with Crippen molar-refractivity contribution >= 4 is 14.1 Å². The molecule has 0 aromatic heterocycles. The molecule has 19 heavy (non-hydrogen) atoms. The van der Waals surface area contributed by atoms with E-state index < -0.39 is 14.4 Å². The number of aliphatic hydroxyl groups excluding tert-OH is 1. The Morgan fingerprint density at radius 2 is 1.68 bits per heavy atom. The van der Waals surface area contributed by atoms with Crippen molar-refractivity contribution in [1.82, 2.24) is 0 Å². The first-order valence-electron chi connectivity index (χ1n) is 7.25. The van der Waals surface area contributed by atoms with Gasteiger partial charge in [0.2, 0.25) is 0 Å². The number of rotatable bonds is 7. The van der Waals surface area contributed by atoms with Gasteiger partial charge < -0.3 is 9.53 Å². The van der Waals surface area contributed by atoms with Gasteiger partial charge >= 0.3 is 0 Å². The lowest BCUT2D eigenvalue weighted by atomic mass is 10.0. The first-order chi connectivity index (χ1) is 8.36. The Bertz CT molecular complexity index is 292. The van der Waals surface area contributed by atoms with Crippen LogP contribution in [0.15, 0.2) is 0 Å². The molecule has 0 aliphatic rings. The fourth-order valence-electron chi connectivity index (χ4n) is 1.66. The maximum atomic E-state index is 11.6. The van der Waals surface area contributed by atoms with Gasteiger partial charge in [-0.25, -0.2) is 0 Å². The fraction of sp³-hybridized carbons (Fsp3) is 0.933. The Balaban J connectivity index is 4.32. The molecule has 3 nitrogen and oxygen atoms in total. The van der Waals surface area contributed by atoms with E-state index in [1.54, 1.807) is 0 Å². The quantitative estimate of drug-likeness (QED) is 0.726. The predicted molar refractivity (Wildman–Crippen MR) is 82.8 cm³/mol. The first-order valence-corrected chi connectivity index (χ1v) is 10.2. The molecular weight excluding hydrogens is 256 g/mol. The lowest BCUT2D eigenvalue weighted by Crippen LogP contribution is -2.44. The van der Waals surface area contributed by atoms with Crippen LogP contribution < -0.4 is 0 Å². The van der Waals surface area contributed by atoms with E-state index in [1.807, 2.05) is 20.8 Å². The maximum Gasteiger partial charge on any atom is 0.192 e. The third kappa shape index (κ3) is 6.68. The molecular formula is C15H32O3Si. The first kappa shape index (κ1) is 18.8. The van der Waals surface area contributed by atoms with Gasteiger partial charge in [0.25, 0.3) is 0 Å². The van der Waals surface area contributed by atoms with E-state index in [2.05, 4.69) is 33.9 Å². The van der Waals surface area contributed by atoms with Crippen LogP contribution in [0, 0.1) is 5.92 Å². The topological polar surface area (TPSA) is 46.5 Å². The molecule has 0 rings (SSSR count). The molecule has 0 saturated heterocycles. The number of Topliss-reactive ketones (excluding diaryl/α,β-unsaturated/α-hetero) is 1. The number of ketones is 1. The van der Waals surface area contributed by atoms with Crippen molar-refractivity contribution in [2.45, 2.75) is 84.7 Å². The number of aliphatic hydroxyl groups is 1. The number of hydrogen-bond acceptors (Lipinski definition) is 3. The van der Waals surface area contributed by atoms with E-state index in [4.69, 9.17) is 4.43 Å². The molecule has 114 valence electrons. The van der Waals surface area contributed by atoms with Gasteiger partial charge in [0.1, 0.15) is 5.78 Å². The highest BCUT2D eigenvalue weighted by Gasteiger charge is 2.38. The van der Waals surface area contributed by atoms with Gasteiger partial charge in [-0.1, -0.05) is 34.6 Å². The summed E-state index contributed by atoms with van der Waals surface area (Å²) >= 11 is 0. The van der Waals surface area contributed by atoms with Gasteiger partial charge in [0, 0.05) is 18.4 Å². The SMILES string of the molecule is CC(C)C(=O)C[C@@H](O)C[C@@H](C)O[Si](C)(C)C(C)(C)C. The zero-order valence-electron chi connectivity index (χ0n) is 13.9. The molecule has 1 N–H and O–H groups in total. The monoisotopic (exact) mass is 288 g/mol. The second kappa shape index (κ2) is 7.00. The zero-order chi connectivity index (χ0) is 15.4. The van der Waals surface area contributed by atoms with Crippen LogP contribution in [0.2, 0.25) is 18.1 Å². The highest BCUT2D eigenvalue weighted by Crippen LogP contribution is 2.37. The predicted octanol–water partition coefficient (Wildman–Crippen LogP) is 3.76. The normalized spacial score (nSPS) is 16.5. The van der Waals surface area contributed by atoms with Gasteiger partial charge in [0.15, 0.2) is 8.32 Å². The molecule has 0 aromatic carbocycles. The van der Waals surface area contributed by atoms with Crippen molar-refractivity contribution in [2.75, 3.05) is 0 Å². The van der Waals surface area contributed by atoms with Crippen molar-refractivity contribution in [2.24, 2.45) is 5.92 Å². The third-order valence-electron chi connectivity index (χ3n) is 3.99. The molecule has 4 heteroatoms. The molecule has 0 saturated carbocycles. The van der Waals surface area contributed by atoms with E-state index in [9.17, 15) is 9.90 Å². The van der Waals surface area contributed by atoms with Gasteiger partial charge in [-0.05, 0) is 31.5 Å². The summed E-state index contributed by atoms with van der Waals surface area (Å²) in [6, 6.07) is 0. The van der Waals surface area contributed by atoms with Crippen LogP contribution >= 0.6 is 0 Å². The van der Waals surface area contributed by atoms with Crippen LogP contribution in [0.1, 0.15) is 54.4 Å². The molecule has 0 radical (unpaired) electrons. The highest BCUT2D eigenvalue weighted by molar-refractivity contribution is 6.74. The summed E-state index contributed by atoms with van der Waals surface area (Å²) in [4.78, 5) is 11.6. The summed E-state index contributed by atoms with van der Waals surface area (Å²) < 4.78 is 6.18. The lowest BCUT2D eigenvalue weighted by Gasteiger charge is -2.38. The van der Waals surface area contributed by atoms with Crippen LogP contribution in [-0.2, 0) is 9.22 Å². The Hall–Kier alpha value is -0.193. The molecule has 0 unspecified atom stereocenters. The summed E-state index contributed by atoms with van der Waals surface area (Å²) in [6.45, 7) is 16.7. The second-order valence-electron chi connectivity index (χ2n) is 7.40. The minimum atomic E-state index is -1.79. The summed E-state index contributed by atoms with van der Waals surface area (Å²) in [6.07, 6.45) is 0.180. The van der Waals surface area contributed by atoms with E-state index in [0.717, 1.165) is 0 Å². The number of carbonyl (C=O) groups excluding carboxylic acids is 1. The van der Waals surface area contributed by atoms with E-state index in [0.29, 0.717) is 6.42 Å². The standard InChI is InChI=1S/C15H32O3Si/c1-11(2)14(17)10-13(16)9-12(3)18-19(7,8)15(4,5)6/h11-13,16H,9-10H2,1-8H3/t12-,13+/m1/s1. The number of hydrogen-bond donors (Lipinski definition) is 1. The molecule has 0 aromatic rings. The summed E-state index contributed by atoms with van der Waals surface area (Å²) in [5.41, 5.74) is 0. The Labute approximate surface area is 119 Å². The van der Waals surface area contributed by atoms with E-state index >= 15 is 0 Å². The molecule has 0 aliphatic heterocycles. The van der Waals surface area contributed by atoms with Crippen molar-refractivity contribution in [3.05, 3.63) is 0 Å². The van der Waals surface area contributed by atoms with Gasteiger partial charge in [-0.2, -0.15) is 0 Å². The van der Waals surface area contributed by atoms with Crippen molar-refractivity contribution in [1.29, 1.82) is 0 Å². The summed E-state index contributed by atoms with van der Waals surface area (Å²) in [5.74, 6) is 0.110. The van der Waals surface area contributed by atoms with Gasteiger partial charge in [0.05, 0.1) is 6.10 Å². The van der Waals surface area contributed by atoms with E-state index in [-0.39, 0.29) is 29.3 Å². The highest BCUT2D eigenvalue weighted by atomic mass is 28.4. The molecule has 0 heterocycles. The van der Waals surface area contributed by atoms with Crippen LogP contribution in [0.25, 0.3) is 0 Å². The smallest absolute Gasteiger partial charge is 0.192 e. The second-order valence-corrected chi connectivity index (χ2v) is 12.2. The largest absolute Gasteiger partial charge is 0.414 e. The van der Waals surface area contributed by atoms with Gasteiger partial charge in [-0.15, -0.1) is 0 Å². The summed E-state index contributed by atoms with van der Waals surface area (Å²) in [7, 11) is -1.79. The molecule has 0 spiro atoms. The fourth-order valence-corrected chi connectivity index (χ4v) is 3.12. The van der Waals surface area contributed by atoms with E-state index in [1.165, 1.54) is 0 Å². The van der Waals surface area contributed by atoms with Crippen LogP contribution in [0.5, 0.6) is 0 Å². The Kier molecular flexibility index (Phi) is 6.93. The molecule has 0 fully saturated rings. The minimum absolute atomic E-state index is 0.00384. The Morgan fingerprint density at radius 1 is 1.21 bits per heavy atom. The van der Waals surface area contributed by atoms with Crippen LogP contribution in [0.4, 0.5) is 0 Å². The zero-order valence-corrected chi connectivity index (χ0v) is 14.9. The van der Waals surface area contributed by atoms with Crippen LogP contribution in [0.3, 0.4) is 0 Å². The molecule has 0 aliphatic carbocycles. The Morgan fingerprint density at radius 3 is 2.05 bits per heavy atom. The molecule has 0 bridgehead atoms. The summed E-state index contributed by atoms with van der Waals surface area (Å²) in [5, 5.41) is 10.1.